The molecule has 98 valence electrons. The van der Waals surface area contributed by atoms with Crippen molar-refractivity contribution in [2.24, 2.45) is 0 Å². The predicted octanol–water partition coefficient (Wildman–Crippen LogP) is 1.75. The standard InChI is InChI=1S/C11H12ClNO4S/c1-3-13-9-6-8(18(12,15)16)4-5-10(9)17-7(2)11(13)14/h4-7H,3H2,1-2H3. The van der Waals surface area contributed by atoms with Crippen molar-refractivity contribution in [1.29, 1.82) is 0 Å². The average molecular weight is 290 g/mol. The number of rotatable bonds is 2. The van der Waals surface area contributed by atoms with Crippen LogP contribution < -0.4 is 9.64 Å². The summed E-state index contributed by atoms with van der Waals surface area (Å²) in [4.78, 5) is 13.3. The van der Waals surface area contributed by atoms with E-state index in [1.54, 1.807) is 6.92 Å². The van der Waals surface area contributed by atoms with E-state index in [2.05, 4.69) is 0 Å². The van der Waals surface area contributed by atoms with E-state index < -0.39 is 15.2 Å². The van der Waals surface area contributed by atoms with Crippen LogP contribution in [0.1, 0.15) is 13.8 Å². The fraction of sp³-hybridized carbons (Fsp3) is 0.364. The van der Waals surface area contributed by atoms with Gasteiger partial charge in [0.05, 0.1) is 10.6 Å². The van der Waals surface area contributed by atoms with Gasteiger partial charge in [-0.05, 0) is 32.0 Å². The number of carbonyl (C=O) groups excluding carboxylic acids is 1. The van der Waals surface area contributed by atoms with E-state index >= 15 is 0 Å². The highest BCUT2D eigenvalue weighted by Gasteiger charge is 2.31. The number of hydrogen-bond donors (Lipinski definition) is 0. The van der Waals surface area contributed by atoms with Crippen molar-refractivity contribution >= 4 is 31.3 Å². The Morgan fingerprint density at radius 2 is 2.11 bits per heavy atom. The lowest BCUT2D eigenvalue weighted by Crippen LogP contribution is -2.44. The van der Waals surface area contributed by atoms with E-state index in [0.29, 0.717) is 18.0 Å². The number of ether oxygens (including phenoxy) is 1. The van der Waals surface area contributed by atoms with Gasteiger partial charge in [0.15, 0.2) is 6.10 Å². The molecular weight excluding hydrogens is 278 g/mol. The molecule has 0 spiro atoms. The molecule has 0 fully saturated rings. The van der Waals surface area contributed by atoms with Crippen molar-refractivity contribution in [3.63, 3.8) is 0 Å². The quantitative estimate of drug-likeness (QED) is 0.778. The van der Waals surface area contributed by atoms with E-state index in [9.17, 15) is 13.2 Å². The third-order valence-corrected chi connectivity index (χ3v) is 4.09. The third-order valence-electron chi connectivity index (χ3n) is 2.74. The van der Waals surface area contributed by atoms with Gasteiger partial charge in [-0.25, -0.2) is 8.42 Å². The zero-order valence-corrected chi connectivity index (χ0v) is 11.5. The van der Waals surface area contributed by atoms with Crippen molar-refractivity contribution in [1.82, 2.24) is 0 Å². The Bertz CT molecular complexity index is 599. The van der Waals surface area contributed by atoms with Gasteiger partial charge in [0, 0.05) is 17.2 Å². The maximum atomic E-state index is 11.9. The van der Waals surface area contributed by atoms with Gasteiger partial charge < -0.3 is 9.64 Å². The summed E-state index contributed by atoms with van der Waals surface area (Å²) in [7, 11) is 1.46. The van der Waals surface area contributed by atoms with Crippen LogP contribution in [0.15, 0.2) is 23.1 Å². The van der Waals surface area contributed by atoms with Crippen LogP contribution in [0.2, 0.25) is 0 Å². The van der Waals surface area contributed by atoms with Crippen LogP contribution in [0.3, 0.4) is 0 Å². The summed E-state index contributed by atoms with van der Waals surface area (Å²) in [6, 6.07) is 4.22. The lowest BCUT2D eigenvalue weighted by Gasteiger charge is -2.32. The summed E-state index contributed by atoms with van der Waals surface area (Å²) >= 11 is 0. The van der Waals surface area contributed by atoms with E-state index in [4.69, 9.17) is 15.4 Å². The summed E-state index contributed by atoms with van der Waals surface area (Å²) in [5, 5.41) is 0. The first-order chi connectivity index (χ1) is 8.34. The van der Waals surface area contributed by atoms with Gasteiger partial charge in [0.2, 0.25) is 0 Å². The minimum Gasteiger partial charge on any atom is -0.479 e. The average Bonchev–Trinajstić information content (AvgIpc) is 2.29. The normalized spacial score (nSPS) is 19.4. The molecule has 1 heterocycles. The number of nitrogens with zero attached hydrogens (tertiary/aromatic N) is 1. The molecule has 1 aromatic carbocycles. The summed E-state index contributed by atoms with van der Waals surface area (Å²) in [6.07, 6.45) is -0.573. The second-order valence-electron chi connectivity index (χ2n) is 3.91. The number of anilines is 1. The molecule has 0 saturated heterocycles. The fourth-order valence-electron chi connectivity index (χ4n) is 1.86. The van der Waals surface area contributed by atoms with Gasteiger partial charge in [-0.1, -0.05) is 0 Å². The molecule has 1 atom stereocenters. The van der Waals surface area contributed by atoms with E-state index in [1.807, 2.05) is 6.92 Å². The number of fused-ring (bicyclic) bond motifs is 1. The van der Waals surface area contributed by atoms with E-state index in [-0.39, 0.29) is 10.8 Å². The number of hydrogen-bond acceptors (Lipinski definition) is 4. The number of benzene rings is 1. The van der Waals surface area contributed by atoms with Crippen molar-refractivity contribution in [2.75, 3.05) is 11.4 Å². The van der Waals surface area contributed by atoms with Gasteiger partial charge in [0.25, 0.3) is 15.0 Å². The highest BCUT2D eigenvalue weighted by atomic mass is 35.7. The summed E-state index contributed by atoms with van der Waals surface area (Å²) in [5.74, 6) is 0.280. The SMILES string of the molecule is CCN1C(=O)C(C)Oc2ccc(S(=O)(=O)Cl)cc21. The first kappa shape index (κ1) is 13.2. The molecule has 18 heavy (non-hydrogen) atoms. The van der Waals surface area contributed by atoms with Gasteiger partial charge in [0.1, 0.15) is 5.75 Å². The summed E-state index contributed by atoms with van der Waals surface area (Å²) in [6.45, 7) is 3.90. The molecule has 1 amide bonds. The number of carbonyl (C=O) groups is 1. The Kier molecular flexibility index (Phi) is 3.25. The number of amides is 1. The van der Waals surface area contributed by atoms with Crippen LogP contribution in [-0.2, 0) is 13.8 Å². The van der Waals surface area contributed by atoms with Crippen molar-refractivity contribution < 1.29 is 17.9 Å². The predicted molar refractivity (Wildman–Crippen MR) is 67.6 cm³/mol. The molecule has 1 unspecified atom stereocenters. The molecular formula is C11H12ClNO4S. The van der Waals surface area contributed by atoms with Gasteiger partial charge in [-0.3, -0.25) is 4.79 Å². The lowest BCUT2D eigenvalue weighted by atomic mass is 10.2. The molecule has 7 heteroatoms. The van der Waals surface area contributed by atoms with Crippen LogP contribution in [0.25, 0.3) is 0 Å². The van der Waals surface area contributed by atoms with E-state index in [0.717, 1.165) is 0 Å². The molecule has 2 rings (SSSR count). The largest absolute Gasteiger partial charge is 0.479 e. The maximum absolute atomic E-state index is 11.9. The molecule has 0 radical (unpaired) electrons. The number of likely N-dealkylation sites (N-methyl/N-ethyl adjacent to an activating group) is 1. The van der Waals surface area contributed by atoms with Crippen LogP contribution in [0.5, 0.6) is 5.75 Å². The second-order valence-corrected chi connectivity index (χ2v) is 6.48. The van der Waals surface area contributed by atoms with Crippen LogP contribution >= 0.6 is 10.7 Å². The van der Waals surface area contributed by atoms with Gasteiger partial charge in [-0.2, -0.15) is 0 Å². The topological polar surface area (TPSA) is 63.7 Å². The van der Waals surface area contributed by atoms with Gasteiger partial charge in [-0.15, -0.1) is 0 Å². The van der Waals surface area contributed by atoms with E-state index in [1.165, 1.54) is 23.1 Å². The Labute approximate surface area is 110 Å². The third kappa shape index (κ3) is 2.18. The Morgan fingerprint density at radius 3 is 2.67 bits per heavy atom. The molecule has 0 aliphatic carbocycles. The van der Waals surface area contributed by atoms with Crippen molar-refractivity contribution in [3.8, 4) is 5.75 Å². The fourth-order valence-corrected chi connectivity index (χ4v) is 2.64. The molecule has 5 nitrogen and oxygen atoms in total. The Hall–Kier alpha value is -1.27. The monoisotopic (exact) mass is 289 g/mol. The Morgan fingerprint density at radius 1 is 1.44 bits per heavy atom. The molecule has 1 aliphatic heterocycles. The summed E-state index contributed by atoms with van der Waals surface area (Å²) in [5.41, 5.74) is 0.433. The van der Waals surface area contributed by atoms with Gasteiger partial charge >= 0.3 is 0 Å². The molecule has 0 bridgehead atoms. The molecule has 0 aromatic heterocycles. The Balaban J connectivity index is 2.58. The van der Waals surface area contributed by atoms with Crippen molar-refractivity contribution in [2.45, 2.75) is 24.8 Å². The smallest absolute Gasteiger partial charge is 0.267 e. The van der Waals surface area contributed by atoms with Crippen LogP contribution in [-0.4, -0.2) is 27.0 Å². The van der Waals surface area contributed by atoms with Crippen molar-refractivity contribution in [3.05, 3.63) is 18.2 Å². The molecule has 0 saturated carbocycles. The molecule has 1 aromatic rings. The molecule has 1 aliphatic rings. The number of halogens is 1. The zero-order chi connectivity index (χ0) is 13.5. The first-order valence-electron chi connectivity index (χ1n) is 5.41. The highest BCUT2D eigenvalue weighted by Crippen LogP contribution is 2.36. The maximum Gasteiger partial charge on any atom is 0.267 e. The first-order valence-corrected chi connectivity index (χ1v) is 7.72. The molecule has 0 N–H and O–H groups in total. The summed E-state index contributed by atoms with van der Waals surface area (Å²) < 4.78 is 28.0. The second kappa shape index (κ2) is 4.44. The van der Waals surface area contributed by atoms with Crippen LogP contribution in [0.4, 0.5) is 5.69 Å². The highest BCUT2D eigenvalue weighted by molar-refractivity contribution is 8.13. The minimum absolute atomic E-state index is 0.0488. The lowest BCUT2D eigenvalue weighted by molar-refractivity contribution is -0.125. The van der Waals surface area contributed by atoms with Crippen LogP contribution in [0, 0.1) is 0 Å². The zero-order valence-electron chi connectivity index (χ0n) is 9.88. The minimum atomic E-state index is -3.82.